The number of carbonyl (C=O) groups excluding carboxylic acids is 1. The molecule has 7 heteroatoms. The third-order valence-electron chi connectivity index (χ3n) is 4.76. The van der Waals surface area contributed by atoms with E-state index < -0.39 is 0 Å². The molecule has 3 aromatic rings. The molecule has 1 fully saturated rings. The summed E-state index contributed by atoms with van der Waals surface area (Å²) in [5.74, 6) is 1.18. The number of rotatable bonds is 6. The van der Waals surface area contributed by atoms with Gasteiger partial charge in [0, 0.05) is 25.9 Å². The van der Waals surface area contributed by atoms with Crippen molar-refractivity contribution in [3.63, 3.8) is 0 Å². The van der Waals surface area contributed by atoms with E-state index in [1.165, 1.54) is 0 Å². The Morgan fingerprint density at radius 3 is 2.57 bits per heavy atom. The second kappa shape index (κ2) is 8.48. The van der Waals surface area contributed by atoms with Crippen LogP contribution < -0.4 is 14.2 Å². The molecule has 6 nitrogen and oxygen atoms in total. The van der Waals surface area contributed by atoms with Crippen LogP contribution in [0.5, 0.6) is 16.7 Å². The first-order valence-corrected chi connectivity index (χ1v) is 10.1. The van der Waals surface area contributed by atoms with E-state index in [-0.39, 0.29) is 18.6 Å². The highest BCUT2D eigenvalue weighted by molar-refractivity contribution is 7.20. The number of aromatic nitrogens is 1. The number of nitrogens with zero attached hydrogens (tertiary/aromatic N) is 2. The van der Waals surface area contributed by atoms with Gasteiger partial charge in [0.2, 0.25) is 0 Å². The van der Waals surface area contributed by atoms with Crippen LogP contribution in [0.1, 0.15) is 12.8 Å². The summed E-state index contributed by atoms with van der Waals surface area (Å²) >= 11 is 1.56. The molecule has 2 aromatic carbocycles. The minimum absolute atomic E-state index is 0.00374. The van der Waals surface area contributed by atoms with Crippen molar-refractivity contribution in [2.24, 2.45) is 0 Å². The zero-order valence-electron chi connectivity index (χ0n) is 15.7. The number of thiazole rings is 1. The standard InChI is InChI=1S/C21H22N2O4S/c1-25-17-7-3-4-8-18(17)26-14-20(24)23-12-10-15(11-13-23)27-21-22-16-6-2-5-9-19(16)28-21/h2-9,15H,10-14H2,1H3. The van der Waals surface area contributed by atoms with Crippen molar-refractivity contribution >= 4 is 27.5 Å². The van der Waals surface area contributed by atoms with Crippen molar-refractivity contribution in [1.29, 1.82) is 0 Å². The van der Waals surface area contributed by atoms with Crippen molar-refractivity contribution in [2.45, 2.75) is 18.9 Å². The summed E-state index contributed by atoms with van der Waals surface area (Å²) < 4.78 is 18.1. The Balaban J connectivity index is 1.27. The molecule has 4 rings (SSSR count). The van der Waals surface area contributed by atoms with Crippen LogP contribution in [0.3, 0.4) is 0 Å². The maximum absolute atomic E-state index is 12.5. The van der Waals surface area contributed by atoms with E-state index in [2.05, 4.69) is 4.98 Å². The summed E-state index contributed by atoms with van der Waals surface area (Å²) in [5, 5.41) is 0.700. The highest BCUT2D eigenvalue weighted by Gasteiger charge is 2.25. The van der Waals surface area contributed by atoms with Crippen LogP contribution in [0.15, 0.2) is 48.5 Å². The highest BCUT2D eigenvalue weighted by Crippen LogP contribution is 2.30. The summed E-state index contributed by atoms with van der Waals surface area (Å²) in [6.45, 7) is 1.32. The predicted molar refractivity (Wildman–Crippen MR) is 108 cm³/mol. The van der Waals surface area contributed by atoms with E-state index in [9.17, 15) is 4.79 Å². The minimum atomic E-state index is -0.0238. The normalized spacial score (nSPS) is 14.8. The van der Waals surface area contributed by atoms with Crippen LogP contribution >= 0.6 is 11.3 Å². The Morgan fingerprint density at radius 1 is 1.11 bits per heavy atom. The maximum atomic E-state index is 12.5. The SMILES string of the molecule is COc1ccccc1OCC(=O)N1CCC(Oc2nc3ccccc3s2)CC1. The quantitative estimate of drug-likeness (QED) is 0.633. The number of methoxy groups -OCH3 is 1. The summed E-state index contributed by atoms with van der Waals surface area (Å²) in [7, 11) is 1.58. The molecule has 0 unspecified atom stereocenters. The smallest absolute Gasteiger partial charge is 0.274 e. The lowest BCUT2D eigenvalue weighted by atomic mass is 10.1. The molecule has 1 saturated heterocycles. The minimum Gasteiger partial charge on any atom is -0.493 e. The molecule has 146 valence electrons. The molecule has 1 aromatic heterocycles. The van der Waals surface area contributed by atoms with Crippen LogP contribution in [-0.2, 0) is 4.79 Å². The van der Waals surface area contributed by atoms with Crippen LogP contribution in [-0.4, -0.2) is 48.7 Å². The zero-order valence-corrected chi connectivity index (χ0v) is 16.5. The van der Waals surface area contributed by atoms with E-state index in [0.717, 1.165) is 23.1 Å². The van der Waals surface area contributed by atoms with Gasteiger partial charge in [0.05, 0.1) is 17.3 Å². The van der Waals surface area contributed by atoms with Gasteiger partial charge in [-0.15, -0.1) is 0 Å². The zero-order chi connectivity index (χ0) is 19.3. The molecule has 28 heavy (non-hydrogen) atoms. The second-order valence-electron chi connectivity index (χ2n) is 6.59. The van der Waals surface area contributed by atoms with Crippen molar-refractivity contribution in [1.82, 2.24) is 9.88 Å². The lowest BCUT2D eigenvalue weighted by Gasteiger charge is -2.31. The van der Waals surface area contributed by atoms with E-state index in [0.29, 0.717) is 29.8 Å². The number of piperidine rings is 1. The Kier molecular flexibility index (Phi) is 5.62. The van der Waals surface area contributed by atoms with Gasteiger partial charge in [-0.05, 0) is 24.3 Å². The van der Waals surface area contributed by atoms with Gasteiger partial charge in [0.1, 0.15) is 6.10 Å². The van der Waals surface area contributed by atoms with Crippen LogP contribution in [0.4, 0.5) is 0 Å². The van der Waals surface area contributed by atoms with Crippen LogP contribution in [0.2, 0.25) is 0 Å². The van der Waals surface area contributed by atoms with E-state index in [1.54, 1.807) is 24.5 Å². The lowest BCUT2D eigenvalue weighted by molar-refractivity contribution is -0.135. The van der Waals surface area contributed by atoms with Crippen molar-refractivity contribution in [3.8, 4) is 16.7 Å². The molecule has 0 atom stereocenters. The van der Waals surface area contributed by atoms with Gasteiger partial charge < -0.3 is 19.1 Å². The van der Waals surface area contributed by atoms with Gasteiger partial charge in [-0.25, -0.2) is 4.98 Å². The van der Waals surface area contributed by atoms with Gasteiger partial charge in [0.25, 0.3) is 11.1 Å². The van der Waals surface area contributed by atoms with E-state index in [4.69, 9.17) is 14.2 Å². The molecular formula is C21H22N2O4S. The van der Waals surface area contributed by atoms with Gasteiger partial charge in [-0.3, -0.25) is 4.79 Å². The number of hydrogen-bond donors (Lipinski definition) is 0. The predicted octanol–water partition coefficient (Wildman–Crippen LogP) is 3.75. The highest BCUT2D eigenvalue weighted by atomic mass is 32.1. The first-order valence-electron chi connectivity index (χ1n) is 9.29. The average molecular weight is 398 g/mol. The van der Waals surface area contributed by atoms with E-state index >= 15 is 0 Å². The molecular weight excluding hydrogens is 376 g/mol. The topological polar surface area (TPSA) is 60.9 Å². The Bertz CT molecular complexity index is 917. The van der Waals surface area contributed by atoms with Crippen molar-refractivity contribution < 1.29 is 19.0 Å². The molecule has 2 heterocycles. The number of amides is 1. The molecule has 1 amide bonds. The van der Waals surface area contributed by atoms with Gasteiger partial charge in [-0.2, -0.15) is 0 Å². The van der Waals surface area contributed by atoms with Gasteiger partial charge in [-0.1, -0.05) is 35.6 Å². The second-order valence-corrected chi connectivity index (χ2v) is 7.58. The van der Waals surface area contributed by atoms with E-state index in [1.807, 2.05) is 47.4 Å². The largest absolute Gasteiger partial charge is 0.493 e. The Morgan fingerprint density at radius 2 is 1.82 bits per heavy atom. The van der Waals surface area contributed by atoms with Crippen LogP contribution in [0.25, 0.3) is 10.2 Å². The molecule has 0 bridgehead atoms. The number of likely N-dealkylation sites (tertiary alicyclic amines) is 1. The molecule has 0 aliphatic carbocycles. The molecule has 0 saturated carbocycles. The first-order chi connectivity index (χ1) is 13.7. The fourth-order valence-corrected chi connectivity index (χ4v) is 4.12. The summed E-state index contributed by atoms with van der Waals surface area (Å²) in [6.07, 6.45) is 1.66. The number of fused-ring (bicyclic) bond motifs is 1. The molecule has 0 radical (unpaired) electrons. The number of ether oxygens (including phenoxy) is 3. The van der Waals surface area contributed by atoms with Crippen molar-refractivity contribution in [2.75, 3.05) is 26.8 Å². The molecule has 1 aliphatic rings. The van der Waals surface area contributed by atoms with Gasteiger partial charge in [0.15, 0.2) is 18.1 Å². The summed E-state index contributed by atoms with van der Waals surface area (Å²) in [6, 6.07) is 15.3. The first kappa shape index (κ1) is 18.6. The number of hydrogen-bond acceptors (Lipinski definition) is 6. The maximum Gasteiger partial charge on any atom is 0.274 e. The molecule has 0 spiro atoms. The summed E-state index contributed by atoms with van der Waals surface area (Å²) in [4.78, 5) is 18.8. The Hall–Kier alpha value is -2.80. The van der Waals surface area contributed by atoms with Gasteiger partial charge >= 0.3 is 0 Å². The van der Waals surface area contributed by atoms with Crippen LogP contribution in [0, 0.1) is 0 Å². The third kappa shape index (κ3) is 4.20. The number of benzene rings is 2. The molecule has 0 N–H and O–H groups in total. The van der Waals surface area contributed by atoms with Crippen molar-refractivity contribution in [3.05, 3.63) is 48.5 Å². The third-order valence-corrected chi connectivity index (χ3v) is 5.68. The lowest BCUT2D eigenvalue weighted by Crippen LogP contribution is -2.43. The molecule has 1 aliphatic heterocycles. The number of carbonyl (C=O) groups is 1. The number of para-hydroxylation sites is 3. The fraction of sp³-hybridized carbons (Fsp3) is 0.333. The summed E-state index contributed by atoms with van der Waals surface area (Å²) in [5.41, 5.74) is 0.962. The average Bonchev–Trinajstić information content (AvgIpc) is 3.15. The fourth-order valence-electron chi connectivity index (χ4n) is 3.24. The Labute approximate surface area is 167 Å². The monoisotopic (exact) mass is 398 g/mol.